The fourth-order valence-electron chi connectivity index (χ4n) is 8.22. The number of benzene rings is 9. The van der Waals surface area contributed by atoms with Crippen molar-refractivity contribution in [1.29, 1.82) is 0 Å². The van der Waals surface area contributed by atoms with E-state index in [9.17, 15) is 0 Å². The minimum Gasteiger partial charge on any atom is -0.344 e. The Morgan fingerprint density at radius 3 is 1.53 bits per heavy atom. The number of anilines is 2. The molecule has 3 heteroatoms. The summed E-state index contributed by atoms with van der Waals surface area (Å²) in [5, 5.41) is 2.33. The van der Waals surface area contributed by atoms with Crippen molar-refractivity contribution in [2.45, 2.75) is 0 Å². The first-order chi connectivity index (χ1) is 29.7. The highest BCUT2D eigenvalue weighted by atomic mass is 15.1. The maximum absolute atomic E-state index is 5.16. The lowest BCUT2D eigenvalue weighted by Gasteiger charge is -2.24. The molecule has 0 N–H and O–H groups in total. The number of fused-ring (bicyclic) bond motifs is 1. The van der Waals surface area contributed by atoms with Crippen LogP contribution in [-0.2, 0) is 0 Å². The van der Waals surface area contributed by atoms with Crippen molar-refractivity contribution >= 4 is 22.1 Å². The third kappa shape index (κ3) is 7.25. The molecule has 0 spiro atoms. The molecular formula is C57H41N3. The van der Waals surface area contributed by atoms with Gasteiger partial charge in [0.1, 0.15) is 0 Å². The maximum Gasteiger partial charge on any atom is 0.160 e. The second-order valence-electron chi connectivity index (χ2n) is 15.1. The highest BCUT2D eigenvalue weighted by Crippen LogP contribution is 2.40. The Kier molecular flexibility index (Phi) is 9.82. The van der Waals surface area contributed by atoms with E-state index in [2.05, 4.69) is 218 Å². The molecule has 0 aliphatic carbocycles. The Morgan fingerprint density at radius 2 is 0.800 bits per heavy atom. The van der Waals surface area contributed by atoms with Crippen LogP contribution in [0.1, 0.15) is 0 Å². The van der Waals surface area contributed by atoms with Crippen LogP contribution in [0.3, 0.4) is 0 Å². The predicted octanol–water partition coefficient (Wildman–Crippen LogP) is 15.1. The summed E-state index contributed by atoms with van der Waals surface area (Å²) in [5.74, 6) is 0.712. The van der Waals surface area contributed by atoms with Crippen molar-refractivity contribution in [3.8, 4) is 78.4 Å². The van der Waals surface area contributed by atoms with E-state index in [0.29, 0.717) is 5.82 Å². The van der Waals surface area contributed by atoms with Gasteiger partial charge in [0.25, 0.3) is 0 Å². The zero-order valence-electron chi connectivity index (χ0n) is 33.3. The number of aromatic nitrogens is 2. The van der Waals surface area contributed by atoms with Crippen molar-refractivity contribution in [3.05, 3.63) is 231 Å². The van der Waals surface area contributed by atoms with E-state index in [1.54, 1.807) is 0 Å². The lowest BCUT2D eigenvalue weighted by Crippen LogP contribution is -2.10. The fraction of sp³-hybridized carbons (Fsp3) is 0.0175. The molecular weight excluding hydrogens is 727 g/mol. The first-order valence-corrected chi connectivity index (χ1v) is 20.4. The Bertz CT molecular complexity index is 3030. The molecule has 0 radical (unpaired) electrons. The standard InChI is InChI=1S/C57H41N3/c1-60(48-26-16-24-46(38-48)40-17-5-2-6-18-40)56-30-14-13-27-50(56)47-25-15-23-45(37-47)41-31-33-42(34-32-41)49-35-36-53(52-29-12-11-28-51(49)52)55-39-54(43-19-7-3-8-20-43)58-57(59-55)44-21-9-4-10-22-44/h2-39H,1H3. The summed E-state index contributed by atoms with van der Waals surface area (Å²) in [6.07, 6.45) is 0. The second-order valence-corrected chi connectivity index (χ2v) is 15.1. The van der Waals surface area contributed by atoms with Gasteiger partial charge in [-0.3, -0.25) is 0 Å². The molecule has 1 aromatic heterocycles. The molecule has 0 aliphatic heterocycles. The van der Waals surface area contributed by atoms with Crippen molar-refractivity contribution in [2.24, 2.45) is 0 Å². The predicted molar refractivity (Wildman–Crippen MR) is 252 cm³/mol. The van der Waals surface area contributed by atoms with Crippen LogP contribution < -0.4 is 4.90 Å². The molecule has 0 bridgehead atoms. The molecule has 10 rings (SSSR count). The van der Waals surface area contributed by atoms with E-state index in [-0.39, 0.29) is 0 Å². The number of para-hydroxylation sites is 1. The first-order valence-electron chi connectivity index (χ1n) is 20.4. The molecule has 3 nitrogen and oxygen atoms in total. The minimum absolute atomic E-state index is 0.712. The quantitative estimate of drug-likeness (QED) is 0.146. The average Bonchev–Trinajstić information content (AvgIpc) is 3.34. The van der Waals surface area contributed by atoms with E-state index in [0.717, 1.165) is 44.8 Å². The Labute approximate surface area is 351 Å². The van der Waals surface area contributed by atoms with E-state index in [1.165, 1.54) is 49.9 Å². The van der Waals surface area contributed by atoms with Crippen molar-refractivity contribution < 1.29 is 0 Å². The molecule has 60 heavy (non-hydrogen) atoms. The number of rotatable bonds is 9. The third-order valence-electron chi connectivity index (χ3n) is 11.3. The highest BCUT2D eigenvalue weighted by molar-refractivity contribution is 6.05. The number of hydrogen-bond acceptors (Lipinski definition) is 3. The normalized spacial score (nSPS) is 11.1. The largest absolute Gasteiger partial charge is 0.344 e. The molecule has 0 saturated carbocycles. The SMILES string of the molecule is CN(c1cccc(-c2ccccc2)c1)c1ccccc1-c1cccc(-c2ccc(-c3ccc(-c4cc(-c5ccccc5)nc(-c5ccccc5)n4)c4ccccc34)cc2)c1. The summed E-state index contributed by atoms with van der Waals surface area (Å²) in [5.41, 5.74) is 16.7. The van der Waals surface area contributed by atoms with E-state index >= 15 is 0 Å². The van der Waals surface area contributed by atoms with Gasteiger partial charge in [0.15, 0.2) is 5.82 Å². The van der Waals surface area contributed by atoms with Gasteiger partial charge in [-0.2, -0.15) is 0 Å². The summed E-state index contributed by atoms with van der Waals surface area (Å²) in [4.78, 5) is 12.5. The lowest BCUT2D eigenvalue weighted by atomic mass is 9.92. The van der Waals surface area contributed by atoms with Crippen LogP contribution >= 0.6 is 0 Å². The van der Waals surface area contributed by atoms with Gasteiger partial charge in [0, 0.05) is 40.7 Å². The van der Waals surface area contributed by atoms with Crippen LogP contribution in [0.2, 0.25) is 0 Å². The molecule has 0 atom stereocenters. The molecule has 9 aromatic carbocycles. The Balaban J connectivity index is 0.971. The van der Waals surface area contributed by atoms with Crippen molar-refractivity contribution in [1.82, 2.24) is 9.97 Å². The summed E-state index contributed by atoms with van der Waals surface area (Å²) in [6, 6.07) is 81.6. The fourth-order valence-corrected chi connectivity index (χ4v) is 8.22. The number of hydrogen-bond donors (Lipinski definition) is 0. The van der Waals surface area contributed by atoms with Crippen molar-refractivity contribution in [3.63, 3.8) is 0 Å². The Hall–Kier alpha value is -7.88. The lowest BCUT2D eigenvalue weighted by molar-refractivity contribution is 1.18. The van der Waals surface area contributed by atoms with E-state index < -0.39 is 0 Å². The van der Waals surface area contributed by atoms with Gasteiger partial charge in [-0.05, 0) is 80.0 Å². The second kappa shape index (κ2) is 16.2. The van der Waals surface area contributed by atoms with Gasteiger partial charge in [0.2, 0.25) is 0 Å². The van der Waals surface area contributed by atoms with Crippen LogP contribution in [0.15, 0.2) is 231 Å². The average molecular weight is 768 g/mol. The van der Waals surface area contributed by atoms with Gasteiger partial charge >= 0.3 is 0 Å². The Morgan fingerprint density at radius 1 is 0.300 bits per heavy atom. The highest BCUT2D eigenvalue weighted by Gasteiger charge is 2.16. The van der Waals surface area contributed by atoms with Crippen LogP contribution in [0, 0.1) is 0 Å². The van der Waals surface area contributed by atoms with Crippen LogP contribution in [0.4, 0.5) is 11.4 Å². The summed E-state index contributed by atoms with van der Waals surface area (Å²) >= 11 is 0. The summed E-state index contributed by atoms with van der Waals surface area (Å²) in [7, 11) is 2.15. The molecule has 0 saturated heterocycles. The van der Waals surface area contributed by atoms with Crippen LogP contribution in [-0.4, -0.2) is 17.0 Å². The number of nitrogens with zero attached hydrogens (tertiary/aromatic N) is 3. The third-order valence-corrected chi connectivity index (χ3v) is 11.3. The zero-order chi connectivity index (χ0) is 40.3. The van der Waals surface area contributed by atoms with Crippen LogP contribution in [0.25, 0.3) is 89.2 Å². The van der Waals surface area contributed by atoms with Gasteiger partial charge in [-0.25, -0.2) is 9.97 Å². The molecule has 0 fully saturated rings. The molecule has 0 aliphatic rings. The summed E-state index contributed by atoms with van der Waals surface area (Å²) < 4.78 is 0. The van der Waals surface area contributed by atoms with E-state index in [1.807, 2.05) is 24.3 Å². The molecule has 1 heterocycles. The maximum atomic E-state index is 5.16. The van der Waals surface area contributed by atoms with Gasteiger partial charge in [-0.15, -0.1) is 0 Å². The topological polar surface area (TPSA) is 29.0 Å². The van der Waals surface area contributed by atoms with Crippen LogP contribution in [0.5, 0.6) is 0 Å². The zero-order valence-corrected chi connectivity index (χ0v) is 33.3. The van der Waals surface area contributed by atoms with Crippen molar-refractivity contribution in [2.75, 3.05) is 11.9 Å². The monoisotopic (exact) mass is 767 g/mol. The smallest absolute Gasteiger partial charge is 0.160 e. The summed E-state index contributed by atoms with van der Waals surface area (Å²) in [6.45, 7) is 0. The van der Waals surface area contributed by atoms with Gasteiger partial charge in [-0.1, -0.05) is 200 Å². The van der Waals surface area contributed by atoms with Gasteiger partial charge in [0.05, 0.1) is 11.4 Å². The molecule has 284 valence electrons. The van der Waals surface area contributed by atoms with E-state index in [4.69, 9.17) is 9.97 Å². The molecule has 10 aromatic rings. The molecule has 0 unspecified atom stereocenters. The minimum atomic E-state index is 0.712. The first kappa shape index (κ1) is 36.5. The molecule has 0 amide bonds. The van der Waals surface area contributed by atoms with Gasteiger partial charge < -0.3 is 4.90 Å².